The van der Waals surface area contributed by atoms with Crippen molar-refractivity contribution >= 4 is 11.9 Å². The number of allylic oxidation sites excluding steroid dienone is 7. The Labute approximate surface area is 276 Å². The third-order valence-electron chi connectivity index (χ3n) is 7.66. The van der Waals surface area contributed by atoms with E-state index in [4.69, 9.17) is 9.47 Å². The maximum Gasteiger partial charge on any atom is 0.306 e. The van der Waals surface area contributed by atoms with Gasteiger partial charge in [0, 0.05) is 12.8 Å². The SMILES string of the molecule is CCCCC[C@@H](O)/C=C/C=C\C/C=C\C/C=C\CCCC(=O)OC[C@H](CO)OC(=O)CCCCCCCCCCCCC(C)C. The Morgan fingerprint density at radius 2 is 1.24 bits per heavy atom. The van der Waals surface area contributed by atoms with Gasteiger partial charge in [-0.2, -0.15) is 0 Å². The molecule has 0 radical (unpaired) electrons. The molecule has 6 nitrogen and oxygen atoms in total. The molecule has 0 unspecified atom stereocenters. The molecule has 0 spiro atoms. The summed E-state index contributed by atoms with van der Waals surface area (Å²) < 4.78 is 10.5. The number of hydrogen-bond donors (Lipinski definition) is 2. The van der Waals surface area contributed by atoms with Crippen molar-refractivity contribution in [2.75, 3.05) is 13.2 Å². The standard InChI is InChI=1S/C39H68O6/c1-4-5-23-29-36(41)30-25-20-16-12-7-6-8-13-17-21-26-31-38(42)44-34-37(33-40)45-39(43)32-27-22-18-14-10-9-11-15-19-24-28-35(2)3/h6-7,13,16-17,20,25,30,35-37,40-41H,4-5,8-12,14-15,18-19,21-24,26-29,31-34H2,1-3H3/b7-6-,17-13-,20-16-,30-25+/t36-,37+/m1/s1. The quantitative estimate of drug-likeness (QED) is 0.0342. The van der Waals surface area contributed by atoms with Gasteiger partial charge in [-0.05, 0) is 44.4 Å². The maximum absolute atomic E-state index is 12.1. The van der Waals surface area contributed by atoms with Crippen LogP contribution < -0.4 is 0 Å². The topological polar surface area (TPSA) is 93.1 Å². The molecule has 260 valence electrons. The first-order valence-electron chi connectivity index (χ1n) is 18.2. The van der Waals surface area contributed by atoms with Crippen LogP contribution in [0.2, 0.25) is 0 Å². The van der Waals surface area contributed by atoms with E-state index >= 15 is 0 Å². The molecule has 45 heavy (non-hydrogen) atoms. The molecule has 0 aliphatic carbocycles. The Hall–Kier alpha value is -2.18. The highest BCUT2D eigenvalue weighted by molar-refractivity contribution is 5.70. The highest BCUT2D eigenvalue weighted by Gasteiger charge is 2.16. The van der Waals surface area contributed by atoms with Gasteiger partial charge in [-0.3, -0.25) is 9.59 Å². The molecule has 0 saturated carbocycles. The van der Waals surface area contributed by atoms with Gasteiger partial charge in [0.25, 0.3) is 0 Å². The van der Waals surface area contributed by atoms with Crippen LogP contribution in [0.3, 0.4) is 0 Å². The number of aliphatic hydroxyl groups excluding tert-OH is 2. The molecule has 0 rings (SSSR count). The third-order valence-corrected chi connectivity index (χ3v) is 7.66. The molecule has 0 aliphatic heterocycles. The second kappa shape index (κ2) is 33.2. The minimum absolute atomic E-state index is 0.108. The summed E-state index contributed by atoms with van der Waals surface area (Å²) in [4.78, 5) is 24.1. The highest BCUT2D eigenvalue weighted by Crippen LogP contribution is 2.14. The average Bonchev–Trinajstić information content (AvgIpc) is 3.01. The molecule has 0 fully saturated rings. The monoisotopic (exact) mass is 633 g/mol. The first-order chi connectivity index (χ1) is 21.9. The Kier molecular flexibility index (Phi) is 31.6. The van der Waals surface area contributed by atoms with Crippen LogP contribution in [0, 0.1) is 5.92 Å². The summed E-state index contributed by atoms with van der Waals surface area (Å²) in [6.07, 6.45) is 36.4. The van der Waals surface area contributed by atoms with Gasteiger partial charge in [0.2, 0.25) is 0 Å². The van der Waals surface area contributed by atoms with Crippen molar-refractivity contribution in [1.29, 1.82) is 0 Å². The third kappa shape index (κ3) is 33.0. The summed E-state index contributed by atoms with van der Waals surface area (Å²) in [5.41, 5.74) is 0. The van der Waals surface area contributed by atoms with Crippen molar-refractivity contribution in [2.45, 2.75) is 168 Å². The number of rotatable bonds is 31. The number of esters is 2. The van der Waals surface area contributed by atoms with E-state index in [2.05, 4.69) is 51.2 Å². The van der Waals surface area contributed by atoms with Crippen LogP contribution in [0.25, 0.3) is 0 Å². The minimum Gasteiger partial charge on any atom is -0.462 e. The predicted octanol–water partition coefficient (Wildman–Crippen LogP) is 9.89. The normalized spacial score (nSPS) is 13.6. The summed E-state index contributed by atoms with van der Waals surface area (Å²) in [6, 6.07) is 0. The molecule has 0 aromatic carbocycles. The molecule has 0 aliphatic rings. The van der Waals surface area contributed by atoms with E-state index in [0.29, 0.717) is 12.8 Å². The first-order valence-corrected chi connectivity index (χ1v) is 18.2. The molecule has 0 heterocycles. The lowest BCUT2D eigenvalue weighted by Crippen LogP contribution is -2.28. The van der Waals surface area contributed by atoms with Crippen LogP contribution in [0.4, 0.5) is 0 Å². The van der Waals surface area contributed by atoms with E-state index in [1.165, 1.54) is 57.8 Å². The fraction of sp³-hybridized carbons (Fsp3) is 0.744. The molecule has 0 aromatic rings. The molecule has 2 N–H and O–H groups in total. The van der Waals surface area contributed by atoms with Gasteiger partial charge in [0.1, 0.15) is 6.61 Å². The highest BCUT2D eigenvalue weighted by atomic mass is 16.6. The van der Waals surface area contributed by atoms with Crippen molar-refractivity contribution < 1.29 is 29.3 Å². The molecule has 0 saturated heterocycles. The Morgan fingerprint density at radius 1 is 0.667 bits per heavy atom. The zero-order valence-corrected chi connectivity index (χ0v) is 29.1. The largest absolute Gasteiger partial charge is 0.462 e. The molecular weight excluding hydrogens is 564 g/mol. The van der Waals surface area contributed by atoms with E-state index in [0.717, 1.165) is 63.7 Å². The van der Waals surface area contributed by atoms with E-state index < -0.39 is 6.10 Å². The zero-order chi connectivity index (χ0) is 33.2. The summed E-state index contributed by atoms with van der Waals surface area (Å²) in [5, 5.41) is 19.4. The second-order valence-corrected chi connectivity index (χ2v) is 12.6. The van der Waals surface area contributed by atoms with Crippen LogP contribution in [0.1, 0.15) is 156 Å². The lowest BCUT2D eigenvalue weighted by atomic mass is 10.0. The number of aliphatic hydroxyl groups is 2. The lowest BCUT2D eigenvalue weighted by Gasteiger charge is -2.15. The number of hydrogen-bond acceptors (Lipinski definition) is 6. The van der Waals surface area contributed by atoms with E-state index in [-0.39, 0.29) is 37.7 Å². The van der Waals surface area contributed by atoms with E-state index in [1.54, 1.807) is 0 Å². The molecular formula is C39H68O6. The van der Waals surface area contributed by atoms with Crippen molar-refractivity contribution in [2.24, 2.45) is 5.92 Å². The second-order valence-electron chi connectivity index (χ2n) is 12.6. The molecule has 0 amide bonds. The predicted molar refractivity (Wildman–Crippen MR) is 188 cm³/mol. The number of unbranched alkanes of at least 4 members (excludes halogenated alkanes) is 12. The summed E-state index contributed by atoms with van der Waals surface area (Å²) in [6.45, 7) is 6.27. The van der Waals surface area contributed by atoms with Crippen molar-refractivity contribution in [3.63, 3.8) is 0 Å². The molecule has 0 bridgehead atoms. The smallest absolute Gasteiger partial charge is 0.306 e. The molecule has 0 aromatic heterocycles. The lowest BCUT2D eigenvalue weighted by molar-refractivity contribution is -0.161. The number of carbonyl (C=O) groups excluding carboxylic acids is 2. The minimum atomic E-state index is -0.804. The Bertz CT molecular complexity index is 797. The fourth-order valence-corrected chi connectivity index (χ4v) is 4.84. The van der Waals surface area contributed by atoms with Gasteiger partial charge in [-0.25, -0.2) is 0 Å². The van der Waals surface area contributed by atoms with E-state index in [9.17, 15) is 19.8 Å². The van der Waals surface area contributed by atoms with Gasteiger partial charge < -0.3 is 19.7 Å². The van der Waals surface area contributed by atoms with Gasteiger partial charge >= 0.3 is 11.9 Å². The van der Waals surface area contributed by atoms with Crippen LogP contribution in [-0.4, -0.2) is 47.6 Å². The van der Waals surface area contributed by atoms with Crippen LogP contribution in [-0.2, 0) is 19.1 Å². The Morgan fingerprint density at radius 3 is 1.89 bits per heavy atom. The number of carbonyl (C=O) groups is 2. The van der Waals surface area contributed by atoms with Crippen LogP contribution in [0.15, 0.2) is 48.6 Å². The van der Waals surface area contributed by atoms with Crippen LogP contribution in [0.5, 0.6) is 0 Å². The summed E-state index contributed by atoms with van der Waals surface area (Å²) in [5.74, 6) is 0.131. The van der Waals surface area contributed by atoms with Gasteiger partial charge in [-0.1, -0.05) is 153 Å². The fourth-order valence-electron chi connectivity index (χ4n) is 4.84. The zero-order valence-electron chi connectivity index (χ0n) is 29.1. The van der Waals surface area contributed by atoms with Crippen molar-refractivity contribution in [3.05, 3.63) is 48.6 Å². The number of ether oxygens (including phenoxy) is 2. The maximum atomic E-state index is 12.1. The van der Waals surface area contributed by atoms with Gasteiger partial charge in [0.15, 0.2) is 6.10 Å². The molecule has 2 atom stereocenters. The average molecular weight is 633 g/mol. The van der Waals surface area contributed by atoms with Crippen molar-refractivity contribution in [3.8, 4) is 0 Å². The van der Waals surface area contributed by atoms with Gasteiger partial charge in [-0.15, -0.1) is 0 Å². The van der Waals surface area contributed by atoms with E-state index in [1.807, 2.05) is 18.2 Å². The Balaban J connectivity index is 3.74. The summed E-state index contributed by atoms with van der Waals surface area (Å²) in [7, 11) is 0. The van der Waals surface area contributed by atoms with Crippen molar-refractivity contribution in [1.82, 2.24) is 0 Å². The van der Waals surface area contributed by atoms with Crippen LogP contribution >= 0.6 is 0 Å². The molecule has 6 heteroatoms. The first kappa shape index (κ1) is 42.8. The summed E-state index contributed by atoms with van der Waals surface area (Å²) >= 11 is 0. The van der Waals surface area contributed by atoms with Gasteiger partial charge in [0.05, 0.1) is 12.7 Å².